The molecule has 2 aliphatic rings. The zero-order chi connectivity index (χ0) is 35.1. The molecule has 3 aromatic rings. The van der Waals surface area contributed by atoms with Crippen LogP contribution in [0.5, 0.6) is 0 Å². The van der Waals surface area contributed by atoms with Crippen molar-refractivity contribution >= 4 is 34.8 Å². The molecular formula is C39H53N5O4S. The number of aromatic nitrogens is 2. The van der Waals surface area contributed by atoms with Crippen molar-refractivity contribution in [2.24, 2.45) is 17.8 Å². The average molecular weight is 688 g/mol. The van der Waals surface area contributed by atoms with Gasteiger partial charge in [0.1, 0.15) is 12.1 Å². The van der Waals surface area contributed by atoms with Crippen LogP contribution in [0, 0.1) is 17.8 Å². The lowest BCUT2D eigenvalue weighted by Gasteiger charge is -2.39. The third kappa shape index (κ3) is 9.68. The Hall–Kier alpha value is -3.79. The maximum atomic E-state index is 13.2. The molecule has 49 heavy (non-hydrogen) atoms. The van der Waals surface area contributed by atoms with Gasteiger partial charge >= 0.3 is 5.97 Å². The minimum atomic E-state index is -1.15. The molecule has 0 unspecified atom stereocenters. The van der Waals surface area contributed by atoms with Crippen molar-refractivity contribution in [1.82, 2.24) is 20.6 Å². The van der Waals surface area contributed by atoms with Gasteiger partial charge in [0.2, 0.25) is 5.91 Å². The molecule has 1 aliphatic heterocycles. The fraction of sp³-hybridized carbons (Fsp3) is 0.564. The first-order chi connectivity index (χ1) is 23.4. The van der Waals surface area contributed by atoms with Crippen LogP contribution in [0.2, 0.25) is 0 Å². The molecule has 1 saturated heterocycles. The highest BCUT2D eigenvalue weighted by atomic mass is 32.1. The van der Waals surface area contributed by atoms with Crippen LogP contribution in [-0.4, -0.2) is 58.0 Å². The molecule has 1 saturated carbocycles. The third-order valence-electron chi connectivity index (χ3n) is 10.4. The zero-order valence-corrected chi connectivity index (χ0v) is 30.5. The highest BCUT2D eigenvalue weighted by molar-refractivity contribution is 7.14. The lowest BCUT2D eigenvalue weighted by Crippen LogP contribution is -2.51. The summed E-state index contributed by atoms with van der Waals surface area (Å²) in [5.41, 5.74) is 2.62. The minimum Gasteiger partial charge on any atom is -0.480 e. The third-order valence-corrected chi connectivity index (χ3v) is 11.9. The van der Waals surface area contributed by atoms with E-state index in [1.165, 1.54) is 69.6 Å². The first kappa shape index (κ1) is 36.5. The Morgan fingerprint density at radius 1 is 0.918 bits per heavy atom. The van der Waals surface area contributed by atoms with Gasteiger partial charge in [-0.15, -0.1) is 11.3 Å². The Morgan fingerprint density at radius 3 is 2.12 bits per heavy atom. The summed E-state index contributed by atoms with van der Waals surface area (Å²) in [4.78, 5) is 51.1. The van der Waals surface area contributed by atoms with E-state index in [0.29, 0.717) is 10.7 Å². The number of carboxylic acid groups (broad SMARTS) is 1. The molecule has 2 aromatic heterocycles. The van der Waals surface area contributed by atoms with E-state index in [1.807, 2.05) is 42.7 Å². The lowest BCUT2D eigenvalue weighted by molar-refractivity contribution is -0.141. The second-order valence-corrected chi connectivity index (χ2v) is 16.2. The van der Waals surface area contributed by atoms with Gasteiger partial charge in [0.05, 0.1) is 23.0 Å². The topological polar surface area (TPSA) is 125 Å². The van der Waals surface area contributed by atoms with Crippen molar-refractivity contribution in [2.75, 3.05) is 18.0 Å². The van der Waals surface area contributed by atoms with Crippen molar-refractivity contribution in [3.8, 4) is 11.4 Å². The summed E-state index contributed by atoms with van der Waals surface area (Å²) in [7, 11) is 0. The van der Waals surface area contributed by atoms with Crippen LogP contribution in [0.4, 0.5) is 5.69 Å². The largest absolute Gasteiger partial charge is 0.480 e. The lowest BCUT2D eigenvalue weighted by atomic mass is 9.72. The summed E-state index contributed by atoms with van der Waals surface area (Å²) in [5, 5.41) is 14.7. The number of aliphatic carboxylic acids is 1. The number of nitrogens with one attached hydrogen (secondary N) is 2. The number of carboxylic acids is 1. The highest BCUT2D eigenvalue weighted by Crippen LogP contribution is 2.39. The molecule has 2 atom stereocenters. The molecule has 2 amide bonds. The number of rotatable bonds is 12. The van der Waals surface area contributed by atoms with Crippen LogP contribution < -0.4 is 15.5 Å². The van der Waals surface area contributed by atoms with Crippen molar-refractivity contribution in [1.29, 1.82) is 0 Å². The molecule has 264 valence electrons. The molecule has 0 spiro atoms. The zero-order valence-electron chi connectivity index (χ0n) is 29.7. The maximum absolute atomic E-state index is 13.2. The first-order valence-electron chi connectivity index (χ1n) is 18.0. The number of benzene rings is 1. The number of anilines is 1. The highest BCUT2D eigenvalue weighted by Gasteiger charge is 2.31. The van der Waals surface area contributed by atoms with E-state index < -0.39 is 24.0 Å². The monoisotopic (exact) mass is 687 g/mol. The van der Waals surface area contributed by atoms with Crippen LogP contribution in [-0.2, 0) is 21.4 Å². The van der Waals surface area contributed by atoms with Gasteiger partial charge in [-0.25, -0.2) is 9.97 Å². The molecule has 2 fully saturated rings. The van der Waals surface area contributed by atoms with Gasteiger partial charge in [-0.3, -0.25) is 14.4 Å². The van der Waals surface area contributed by atoms with E-state index in [1.54, 1.807) is 6.07 Å². The number of amides is 2. The fourth-order valence-electron chi connectivity index (χ4n) is 7.32. The van der Waals surface area contributed by atoms with Gasteiger partial charge in [0, 0.05) is 30.0 Å². The number of thiophene rings is 1. The Morgan fingerprint density at radius 2 is 1.55 bits per heavy atom. The predicted molar refractivity (Wildman–Crippen MR) is 196 cm³/mol. The SMILES string of the molecule is CCCC1CCC(C2CCN(c3cnc(-c4ccc(C[C@H](NC(=O)c5ccc(C(C)(C)C)s5)C(=O)N[C@H](C)C(=O)O)cc4)nc3)CC2)CC1. The minimum absolute atomic E-state index is 0.105. The van der Waals surface area contributed by atoms with Gasteiger partial charge < -0.3 is 20.6 Å². The molecule has 10 heteroatoms. The van der Waals surface area contributed by atoms with E-state index >= 15 is 0 Å². The number of carbonyl (C=O) groups is 3. The predicted octanol–water partition coefficient (Wildman–Crippen LogP) is 7.26. The molecule has 3 N–H and O–H groups in total. The van der Waals surface area contributed by atoms with E-state index in [4.69, 9.17) is 9.97 Å². The number of carbonyl (C=O) groups excluding carboxylic acids is 2. The summed E-state index contributed by atoms with van der Waals surface area (Å²) < 4.78 is 0. The Bertz CT molecular complexity index is 1550. The van der Waals surface area contributed by atoms with E-state index in [-0.39, 0.29) is 17.7 Å². The molecule has 0 bridgehead atoms. The Labute approximate surface area is 295 Å². The molecule has 0 radical (unpaired) electrons. The van der Waals surface area contributed by atoms with Gasteiger partial charge in [-0.05, 0) is 73.5 Å². The summed E-state index contributed by atoms with van der Waals surface area (Å²) >= 11 is 1.39. The smallest absolute Gasteiger partial charge is 0.325 e. The maximum Gasteiger partial charge on any atom is 0.325 e. The van der Waals surface area contributed by atoms with E-state index in [0.717, 1.165) is 52.5 Å². The summed E-state index contributed by atoms with van der Waals surface area (Å²) in [5.74, 6) is 1.25. The molecular weight excluding hydrogens is 635 g/mol. The van der Waals surface area contributed by atoms with Crippen molar-refractivity contribution in [3.63, 3.8) is 0 Å². The normalized spacial score (nSPS) is 20.0. The first-order valence-corrected chi connectivity index (χ1v) is 18.8. The van der Waals surface area contributed by atoms with Crippen LogP contribution >= 0.6 is 11.3 Å². The number of hydrogen-bond donors (Lipinski definition) is 3. The second-order valence-electron chi connectivity index (χ2n) is 15.1. The van der Waals surface area contributed by atoms with E-state index in [9.17, 15) is 19.5 Å². The van der Waals surface area contributed by atoms with Crippen LogP contribution in [0.15, 0.2) is 48.8 Å². The summed E-state index contributed by atoms with van der Waals surface area (Å²) in [6.07, 6.45) is 14.9. The quantitative estimate of drug-likeness (QED) is 0.183. The molecule has 5 rings (SSSR count). The Kier molecular flexibility index (Phi) is 12.1. The average Bonchev–Trinajstić information content (AvgIpc) is 3.61. The summed E-state index contributed by atoms with van der Waals surface area (Å²) in [6.45, 7) is 12.0. The molecule has 1 aliphatic carbocycles. The van der Waals surface area contributed by atoms with Crippen molar-refractivity contribution < 1.29 is 19.5 Å². The number of hydrogen-bond acceptors (Lipinski definition) is 7. The molecule has 9 nitrogen and oxygen atoms in total. The number of nitrogens with zero attached hydrogens (tertiary/aromatic N) is 3. The molecule has 1 aromatic carbocycles. The van der Waals surface area contributed by atoms with Crippen LogP contribution in [0.1, 0.15) is 106 Å². The Balaban J connectivity index is 1.18. The fourth-order valence-corrected chi connectivity index (χ4v) is 8.29. The summed E-state index contributed by atoms with van der Waals surface area (Å²) in [6, 6.07) is 9.24. The van der Waals surface area contributed by atoms with Gasteiger partial charge in [-0.2, -0.15) is 0 Å². The standard InChI is InChI=1S/C39H53N5O4S/c1-6-7-26-8-12-28(13-9-26)29-18-20-44(21-19-29)31-23-40-35(41-24-31)30-14-10-27(11-15-30)22-32(36(45)42-25(2)38(47)48)43-37(46)33-16-17-34(49-33)39(3,4)5/h10-11,14-17,23-26,28-29,32H,6-9,12-13,18-22H2,1-5H3,(H,42,45)(H,43,46)(H,47,48)/t25-,26?,28?,32+/m1/s1. The second kappa shape index (κ2) is 16.3. The van der Waals surface area contributed by atoms with E-state index in [2.05, 4.69) is 43.2 Å². The number of piperidine rings is 1. The molecule has 3 heterocycles. The van der Waals surface area contributed by atoms with Gasteiger partial charge in [-0.1, -0.05) is 77.6 Å². The van der Waals surface area contributed by atoms with Gasteiger partial charge in [0.25, 0.3) is 5.91 Å². The van der Waals surface area contributed by atoms with Gasteiger partial charge in [0.15, 0.2) is 5.82 Å². The van der Waals surface area contributed by atoms with Crippen molar-refractivity contribution in [3.05, 3.63) is 64.1 Å². The van der Waals surface area contributed by atoms with Crippen LogP contribution in [0.25, 0.3) is 11.4 Å². The van der Waals surface area contributed by atoms with Crippen molar-refractivity contribution in [2.45, 2.75) is 110 Å². The van der Waals surface area contributed by atoms with Crippen LogP contribution in [0.3, 0.4) is 0 Å².